The van der Waals surface area contributed by atoms with Crippen LogP contribution in [0.5, 0.6) is 11.5 Å². The Hall–Kier alpha value is -2.71. The molecular weight excluding hydrogens is 454 g/mol. The molecule has 6 nitrogen and oxygen atoms in total. The fourth-order valence-electron chi connectivity index (χ4n) is 2.89. The van der Waals surface area contributed by atoms with Gasteiger partial charge in [0.25, 0.3) is 0 Å². The third kappa shape index (κ3) is 6.65. The van der Waals surface area contributed by atoms with E-state index >= 15 is 0 Å². The van der Waals surface area contributed by atoms with E-state index < -0.39 is 5.41 Å². The van der Waals surface area contributed by atoms with Crippen LogP contribution in [-0.4, -0.2) is 24.1 Å². The molecule has 0 aliphatic rings. The first-order valence-electron chi connectivity index (χ1n) is 10.7. The molecule has 3 aromatic rings. The van der Waals surface area contributed by atoms with Crippen molar-refractivity contribution in [2.45, 2.75) is 52.5 Å². The summed E-state index contributed by atoms with van der Waals surface area (Å²) in [5.41, 5.74) is 2.38. The Kier molecular flexibility index (Phi) is 7.92. The molecule has 0 radical (unpaired) electrons. The van der Waals surface area contributed by atoms with E-state index in [2.05, 4.69) is 21.1 Å². The second kappa shape index (κ2) is 10.5. The molecule has 0 aliphatic heterocycles. The molecule has 0 atom stereocenters. The summed E-state index contributed by atoms with van der Waals surface area (Å²) in [6.07, 6.45) is 0.141. The van der Waals surface area contributed by atoms with E-state index in [1.807, 2.05) is 77.9 Å². The normalized spacial score (nSPS) is 11.4. The van der Waals surface area contributed by atoms with Gasteiger partial charge in [-0.05, 0) is 80.7 Å². The quantitative estimate of drug-likeness (QED) is 0.334. The second-order valence-electron chi connectivity index (χ2n) is 8.90. The number of hydrogen-bond acceptors (Lipinski definition) is 7. The summed E-state index contributed by atoms with van der Waals surface area (Å²) < 4.78 is 14.6. The van der Waals surface area contributed by atoms with Gasteiger partial charge in [0.15, 0.2) is 5.13 Å². The highest BCUT2D eigenvalue weighted by molar-refractivity contribution is 8.00. The van der Waals surface area contributed by atoms with Gasteiger partial charge in [-0.25, -0.2) is 4.98 Å². The van der Waals surface area contributed by atoms with Crippen LogP contribution in [0.15, 0.2) is 47.4 Å². The van der Waals surface area contributed by atoms with E-state index in [4.69, 9.17) is 9.47 Å². The Morgan fingerprint density at radius 1 is 1.12 bits per heavy atom. The molecule has 1 heterocycles. The van der Waals surface area contributed by atoms with Gasteiger partial charge in [-0.1, -0.05) is 32.1 Å². The Morgan fingerprint density at radius 2 is 1.82 bits per heavy atom. The maximum Gasteiger partial charge on any atom is 0.231 e. The van der Waals surface area contributed by atoms with E-state index in [1.165, 1.54) is 23.3 Å². The zero-order valence-corrected chi connectivity index (χ0v) is 21.7. The number of carbonyl (C=O) groups excluding carboxylic acids is 1. The lowest BCUT2D eigenvalue weighted by Gasteiger charge is -2.15. The third-order valence-electron chi connectivity index (χ3n) is 4.63. The number of rotatable bonds is 8. The van der Waals surface area contributed by atoms with Crippen LogP contribution in [0.4, 0.5) is 10.8 Å². The Morgan fingerprint density at radius 3 is 2.42 bits per heavy atom. The van der Waals surface area contributed by atoms with Crippen LogP contribution < -0.4 is 19.5 Å². The molecule has 33 heavy (non-hydrogen) atoms. The number of amides is 1. The van der Waals surface area contributed by atoms with E-state index in [0.29, 0.717) is 5.13 Å². The number of nitrogens with zero attached hydrogens (tertiary/aromatic N) is 1. The standard InChI is InChI=1S/C25H31N3O3S2/c1-15(2)31-19-11-9-18(10-12-19)28-33-21-14-17(8-13-20(21)30-7)22-16(3)26-24(32-22)27-23(29)25(4,5)6/h8-15,28H,1-7H3,(H,26,27,29). The maximum atomic E-state index is 12.3. The van der Waals surface area contributed by atoms with Crippen LogP contribution in [0, 0.1) is 12.3 Å². The molecule has 3 rings (SSSR count). The van der Waals surface area contributed by atoms with Gasteiger partial charge in [0, 0.05) is 11.1 Å². The van der Waals surface area contributed by atoms with Crippen LogP contribution in [0.1, 0.15) is 40.3 Å². The minimum atomic E-state index is -0.478. The smallest absolute Gasteiger partial charge is 0.231 e. The molecule has 2 aromatic carbocycles. The van der Waals surface area contributed by atoms with Crippen molar-refractivity contribution < 1.29 is 14.3 Å². The topological polar surface area (TPSA) is 72.5 Å². The highest BCUT2D eigenvalue weighted by atomic mass is 32.2. The summed E-state index contributed by atoms with van der Waals surface area (Å²) in [4.78, 5) is 18.9. The molecule has 1 amide bonds. The summed E-state index contributed by atoms with van der Waals surface area (Å²) in [6, 6.07) is 13.9. The van der Waals surface area contributed by atoms with Crippen LogP contribution in [0.2, 0.25) is 0 Å². The molecule has 0 bridgehead atoms. The largest absolute Gasteiger partial charge is 0.496 e. The average Bonchev–Trinajstić information content (AvgIpc) is 3.12. The van der Waals surface area contributed by atoms with Gasteiger partial charge >= 0.3 is 0 Å². The molecule has 176 valence electrons. The molecule has 0 spiro atoms. The van der Waals surface area contributed by atoms with Crippen molar-refractivity contribution in [3.05, 3.63) is 48.2 Å². The van der Waals surface area contributed by atoms with Crippen molar-refractivity contribution in [3.8, 4) is 21.9 Å². The number of methoxy groups -OCH3 is 1. The number of anilines is 2. The highest BCUT2D eigenvalue weighted by Crippen LogP contribution is 2.39. The third-order valence-corrected chi connectivity index (χ3v) is 6.63. The molecule has 0 unspecified atom stereocenters. The minimum absolute atomic E-state index is 0.0530. The number of thiazole rings is 1. The first-order valence-corrected chi connectivity index (χ1v) is 12.4. The van der Waals surface area contributed by atoms with Crippen LogP contribution >= 0.6 is 23.3 Å². The molecule has 8 heteroatoms. The zero-order valence-electron chi connectivity index (χ0n) is 20.1. The summed E-state index contributed by atoms with van der Waals surface area (Å²) in [6.45, 7) is 11.6. The first-order chi connectivity index (χ1) is 15.6. The number of hydrogen-bond donors (Lipinski definition) is 2. The van der Waals surface area contributed by atoms with E-state index in [0.717, 1.165) is 38.2 Å². The summed E-state index contributed by atoms with van der Waals surface area (Å²) in [5, 5.41) is 3.53. The van der Waals surface area contributed by atoms with Gasteiger partial charge < -0.3 is 19.5 Å². The Bertz CT molecular complexity index is 1100. The number of carbonyl (C=O) groups is 1. The van der Waals surface area contributed by atoms with Gasteiger partial charge in [-0.15, -0.1) is 0 Å². The predicted octanol–water partition coefficient (Wildman–Crippen LogP) is 7.02. The number of nitrogens with one attached hydrogen (secondary N) is 2. The second-order valence-corrected chi connectivity index (χ2v) is 10.7. The van der Waals surface area contributed by atoms with Crippen molar-refractivity contribution >= 4 is 40.0 Å². The van der Waals surface area contributed by atoms with Gasteiger partial charge in [-0.3, -0.25) is 4.79 Å². The molecule has 0 saturated carbocycles. The molecule has 0 aliphatic carbocycles. The number of aryl methyl sites for hydroxylation is 1. The van der Waals surface area contributed by atoms with Crippen molar-refractivity contribution in [2.75, 3.05) is 17.1 Å². The molecule has 2 N–H and O–H groups in total. The summed E-state index contributed by atoms with van der Waals surface area (Å²) in [5.74, 6) is 1.57. The number of ether oxygens (including phenoxy) is 2. The maximum absolute atomic E-state index is 12.3. The van der Waals surface area contributed by atoms with E-state index in [-0.39, 0.29) is 12.0 Å². The fraction of sp³-hybridized carbons (Fsp3) is 0.360. The van der Waals surface area contributed by atoms with Crippen molar-refractivity contribution in [2.24, 2.45) is 5.41 Å². The Balaban J connectivity index is 1.78. The van der Waals surface area contributed by atoms with Crippen molar-refractivity contribution in [1.29, 1.82) is 0 Å². The van der Waals surface area contributed by atoms with Gasteiger partial charge in [0.05, 0.1) is 28.7 Å². The molecule has 1 aromatic heterocycles. The van der Waals surface area contributed by atoms with Crippen LogP contribution in [-0.2, 0) is 4.79 Å². The van der Waals surface area contributed by atoms with Gasteiger partial charge in [0.2, 0.25) is 5.91 Å². The molecule has 0 fully saturated rings. The highest BCUT2D eigenvalue weighted by Gasteiger charge is 2.23. The number of aromatic nitrogens is 1. The van der Waals surface area contributed by atoms with Crippen molar-refractivity contribution in [1.82, 2.24) is 4.98 Å². The predicted molar refractivity (Wildman–Crippen MR) is 139 cm³/mol. The van der Waals surface area contributed by atoms with Gasteiger partial charge in [0.1, 0.15) is 11.5 Å². The summed E-state index contributed by atoms with van der Waals surface area (Å²) in [7, 11) is 1.66. The fourth-order valence-corrected chi connectivity index (χ4v) is 4.65. The molecular formula is C25H31N3O3S2. The van der Waals surface area contributed by atoms with E-state index in [1.54, 1.807) is 7.11 Å². The van der Waals surface area contributed by atoms with Crippen LogP contribution in [0.25, 0.3) is 10.4 Å². The first kappa shape index (κ1) is 24.9. The Labute approximate surface area is 204 Å². The lowest BCUT2D eigenvalue weighted by atomic mass is 9.96. The van der Waals surface area contributed by atoms with Crippen LogP contribution in [0.3, 0.4) is 0 Å². The lowest BCUT2D eigenvalue weighted by molar-refractivity contribution is -0.123. The van der Waals surface area contributed by atoms with Gasteiger partial charge in [-0.2, -0.15) is 0 Å². The molecule has 0 saturated heterocycles. The lowest BCUT2D eigenvalue weighted by Crippen LogP contribution is -2.27. The summed E-state index contributed by atoms with van der Waals surface area (Å²) >= 11 is 2.95. The zero-order chi connectivity index (χ0) is 24.2. The average molecular weight is 486 g/mol. The monoisotopic (exact) mass is 485 g/mol. The SMILES string of the molecule is COc1ccc(-c2sc(NC(=O)C(C)(C)C)nc2C)cc1SNc1ccc(OC(C)C)cc1. The minimum Gasteiger partial charge on any atom is -0.496 e. The van der Waals surface area contributed by atoms with E-state index in [9.17, 15) is 4.79 Å². The number of benzene rings is 2. The van der Waals surface area contributed by atoms with Crippen molar-refractivity contribution in [3.63, 3.8) is 0 Å².